The van der Waals surface area contributed by atoms with Gasteiger partial charge in [-0.1, -0.05) is 31.4 Å². The second kappa shape index (κ2) is 9.07. The van der Waals surface area contributed by atoms with Gasteiger partial charge in [0.15, 0.2) is 0 Å². The monoisotopic (exact) mass is 394 g/mol. The van der Waals surface area contributed by atoms with E-state index in [4.69, 9.17) is 0 Å². The zero-order chi connectivity index (χ0) is 21.0. The summed E-state index contributed by atoms with van der Waals surface area (Å²) in [5.74, 6) is -1.34. The second-order valence-electron chi connectivity index (χ2n) is 7.96. The normalized spacial score (nSPS) is 14.9. The number of carbonyl (C=O) groups excluding carboxylic acids is 2. The van der Waals surface area contributed by atoms with E-state index in [0.29, 0.717) is 0 Å². The maximum absolute atomic E-state index is 12.0. The first-order valence-electron chi connectivity index (χ1n) is 10.3. The van der Waals surface area contributed by atoms with Gasteiger partial charge in [-0.25, -0.2) is 5.43 Å². The molecule has 1 aromatic heterocycles. The van der Waals surface area contributed by atoms with E-state index in [-0.39, 0.29) is 6.04 Å². The van der Waals surface area contributed by atoms with Crippen molar-refractivity contribution >= 4 is 18.0 Å². The molecule has 0 radical (unpaired) electrons. The zero-order valence-corrected chi connectivity index (χ0v) is 17.7. The molecule has 29 heavy (non-hydrogen) atoms. The van der Waals surface area contributed by atoms with E-state index in [2.05, 4.69) is 52.5 Å². The predicted molar refractivity (Wildman–Crippen MR) is 115 cm³/mol. The molecule has 0 aliphatic heterocycles. The van der Waals surface area contributed by atoms with Crippen LogP contribution in [0.1, 0.15) is 60.2 Å². The number of amides is 2. The average molecular weight is 395 g/mol. The minimum atomic E-state index is -0.727. The number of hydrogen-bond acceptors (Lipinski definition) is 3. The lowest BCUT2D eigenvalue weighted by atomic mass is 9.95. The highest BCUT2D eigenvalue weighted by atomic mass is 16.2. The minimum Gasteiger partial charge on any atom is -0.345 e. The summed E-state index contributed by atoms with van der Waals surface area (Å²) in [5, 5.41) is 6.80. The number of rotatable bonds is 4. The van der Waals surface area contributed by atoms with E-state index < -0.39 is 11.8 Å². The lowest BCUT2D eigenvalue weighted by Gasteiger charge is -2.22. The lowest BCUT2D eigenvalue weighted by Crippen LogP contribution is -2.44. The van der Waals surface area contributed by atoms with Gasteiger partial charge in [-0.15, -0.1) is 0 Å². The molecule has 1 aliphatic carbocycles. The van der Waals surface area contributed by atoms with Crippen LogP contribution in [0.4, 0.5) is 0 Å². The molecule has 1 saturated carbocycles. The Hall–Kier alpha value is -2.89. The number of aromatic nitrogens is 1. The maximum atomic E-state index is 12.0. The molecule has 1 aliphatic rings. The summed E-state index contributed by atoms with van der Waals surface area (Å²) in [6, 6.07) is 8.50. The van der Waals surface area contributed by atoms with Gasteiger partial charge in [-0.2, -0.15) is 5.10 Å². The average Bonchev–Trinajstić information content (AvgIpc) is 2.98. The molecule has 2 amide bonds. The highest BCUT2D eigenvalue weighted by molar-refractivity contribution is 6.35. The first kappa shape index (κ1) is 20.8. The van der Waals surface area contributed by atoms with E-state index in [0.717, 1.165) is 48.3 Å². The summed E-state index contributed by atoms with van der Waals surface area (Å²) in [4.78, 5) is 24.1. The van der Waals surface area contributed by atoms with Crippen molar-refractivity contribution in [3.05, 3.63) is 52.3 Å². The van der Waals surface area contributed by atoms with Crippen LogP contribution in [0.15, 0.2) is 29.4 Å². The quantitative estimate of drug-likeness (QED) is 0.472. The van der Waals surface area contributed by atoms with Crippen LogP contribution >= 0.6 is 0 Å². The van der Waals surface area contributed by atoms with Gasteiger partial charge >= 0.3 is 11.8 Å². The van der Waals surface area contributed by atoms with Gasteiger partial charge in [-0.3, -0.25) is 9.59 Å². The van der Waals surface area contributed by atoms with Crippen LogP contribution in [-0.2, 0) is 9.59 Å². The van der Waals surface area contributed by atoms with Gasteiger partial charge in [0.1, 0.15) is 0 Å². The Morgan fingerprint density at radius 3 is 2.48 bits per heavy atom. The Morgan fingerprint density at radius 1 is 1.03 bits per heavy atom. The Kier molecular flexibility index (Phi) is 6.52. The minimum absolute atomic E-state index is 0.0995. The molecule has 1 heterocycles. The summed E-state index contributed by atoms with van der Waals surface area (Å²) in [7, 11) is 0. The Morgan fingerprint density at radius 2 is 1.76 bits per heavy atom. The molecule has 1 fully saturated rings. The van der Waals surface area contributed by atoms with Crippen molar-refractivity contribution in [3.8, 4) is 5.69 Å². The van der Waals surface area contributed by atoms with Crippen molar-refractivity contribution in [1.82, 2.24) is 15.3 Å². The second-order valence-corrected chi connectivity index (χ2v) is 7.96. The summed E-state index contributed by atoms with van der Waals surface area (Å²) >= 11 is 0. The molecule has 6 heteroatoms. The predicted octanol–water partition coefficient (Wildman–Crippen LogP) is 3.61. The molecule has 1 aromatic carbocycles. The highest BCUT2D eigenvalue weighted by Gasteiger charge is 2.20. The molecule has 0 saturated heterocycles. The maximum Gasteiger partial charge on any atom is 0.329 e. The van der Waals surface area contributed by atoms with Gasteiger partial charge in [0.25, 0.3) is 0 Å². The first-order chi connectivity index (χ1) is 13.9. The van der Waals surface area contributed by atoms with E-state index in [1.54, 1.807) is 6.21 Å². The van der Waals surface area contributed by atoms with E-state index in [1.807, 2.05) is 19.9 Å². The largest absolute Gasteiger partial charge is 0.345 e. The van der Waals surface area contributed by atoms with Gasteiger partial charge < -0.3 is 9.88 Å². The van der Waals surface area contributed by atoms with Crippen LogP contribution in [0.25, 0.3) is 5.69 Å². The molecule has 0 unspecified atom stereocenters. The third-order valence-corrected chi connectivity index (χ3v) is 5.59. The van der Waals surface area contributed by atoms with Crippen molar-refractivity contribution in [2.24, 2.45) is 5.10 Å². The van der Waals surface area contributed by atoms with Gasteiger partial charge in [-0.05, 0) is 63.8 Å². The summed E-state index contributed by atoms with van der Waals surface area (Å²) < 4.78 is 2.18. The first-order valence-corrected chi connectivity index (χ1v) is 10.3. The molecular formula is C23H30N4O2. The SMILES string of the molecule is Cc1ccc(C)c(-n2c(C)cc(/C=N\NC(=O)C(=O)NC3CCCCC3)c2C)c1. The van der Waals surface area contributed by atoms with Crippen LogP contribution in [0.2, 0.25) is 0 Å². The number of nitrogens with zero attached hydrogens (tertiary/aromatic N) is 2. The molecule has 0 spiro atoms. The van der Waals surface area contributed by atoms with Gasteiger partial charge in [0.2, 0.25) is 0 Å². The van der Waals surface area contributed by atoms with Crippen molar-refractivity contribution in [1.29, 1.82) is 0 Å². The van der Waals surface area contributed by atoms with Gasteiger partial charge in [0, 0.05) is 28.7 Å². The number of nitrogens with one attached hydrogen (secondary N) is 2. The Balaban J connectivity index is 1.67. The summed E-state index contributed by atoms with van der Waals surface area (Å²) in [5.41, 5.74) is 8.88. The summed E-state index contributed by atoms with van der Waals surface area (Å²) in [6.45, 7) is 8.23. The number of carbonyl (C=O) groups is 2. The van der Waals surface area contributed by atoms with Crippen LogP contribution in [0, 0.1) is 27.7 Å². The third-order valence-electron chi connectivity index (χ3n) is 5.59. The molecular weight excluding hydrogens is 364 g/mol. The molecule has 2 aromatic rings. The molecule has 0 bridgehead atoms. The fourth-order valence-corrected chi connectivity index (χ4v) is 3.96. The summed E-state index contributed by atoms with van der Waals surface area (Å²) in [6.07, 6.45) is 6.86. The van der Waals surface area contributed by atoms with E-state index in [9.17, 15) is 9.59 Å². The van der Waals surface area contributed by atoms with E-state index in [1.165, 1.54) is 17.5 Å². The van der Waals surface area contributed by atoms with Crippen LogP contribution in [0.5, 0.6) is 0 Å². The Labute approximate surface area is 172 Å². The fraction of sp³-hybridized carbons (Fsp3) is 0.435. The fourth-order valence-electron chi connectivity index (χ4n) is 3.96. The molecule has 154 valence electrons. The van der Waals surface area contributed by atoms with Crippen LogP contribution < -0.4 is 10.7 Å². The topological polar surface area (TPSA) is 75.5 Å². The molecule has 0 atom stereocenters. The molecule has 2 N–H and O–H groups in total. The molecule has 6 nitrogen and oxygen atoms in total. The number of aryl methyl sites for hydroxylation is 3. The van der Waals surface area contributed by atoms with Crippen LogP contribution in [-0.4, -0.2) is 28.6 Å². The van der Waals surface area contributed by atoms with Crippen LogP contribution in [0.3, 0.4) is 0 Å². The van der Waals surface area contributed by atoms with Gasteiger partial charge in [0.05, 0.1) is 6.21 Å². The lowest BCUT2D eigenvalue weighted by molar-refractivity contribution is -0.139. The zero-order valence-electron chi connectivity index (χ0n) is 17.7. The van der Waals surface area contributed by atoms with Crippen molar-refractivity contribution < 1.29 is 9.59 Å². The number of hydrogen-bond donors (Lipinski definition) is 2. The molecule has 3 rings (SSSR count). The number of hydrazone groups is 1. The Bertz CT molecular complexity index is 937. The van der Waals surface area contributed by atoms with Crippen molar-refractivity contribution in [2.45, 2.75) is 65.8 Å². The number of benzene rings is 1. The van der Waals surface area contributed by atoms with Crippen molar-refractivity contribution in [3.63, 3.8) is 0 Å². The van der Waals surface area contributed by atoms with E-state index >= 15 is 0 Å². The smallest absolute Gasteiger partial charge is 0.329 e. The standard InChI is InChI=1S/C23H30N4O2/c1-15-10-11-16(2)21(12-15)27-17(3)13-19(18(27)4)14-24-26-23(29)22(28)25-20-8-6-5-7-9-20/h10-14,20H,5-9H2,1-4H3,(H,25,28)(H,26,29)/b24-14-. The third kappa shape index (κ3) is 4.94. The van der Waals surface area contributed by atoms with Crippen molar-refractivity contribution in [2.75, 3.05) is 0 Å². The highest BCUT2D eigenvalue weighted by Crippen LogP contribution is 2.23.